The molecular weight excluding hydrogens is 418 g/mol. The van der Waals surface area contributed by atoms with Crippen LogP contribution in [0.2, 0.25) is 5.02 Å². The number of benzene rings is 2. The predicted octanol–water partition coefficient (Wildman–Crippen LogP) is 4.79. The number of rotatable bonds is 7. The molecule has 4 rings (SSSR count). The van der Waals surface area contributed by atoms with Gasteiger partial charge in [0.1, 0.15) is 11.9 Å². The first-order chi connectivity index (χ1) is 15.0. The molecule has 7 nitrogen and oxygen atoms in total. The third-order valence-electron chi connectivity index (χ3n) is 5.68. The highest BCUT2D eigenvalue weighted by molar-refractivity contribution is 6.30. The molecule has 1 aromatic heterocycles. The third kappa shape index (κ3) is 4.99. The lowest BCUT2D eigenvalue weighted by atomic mass is 9.83. The van der Waals surface area contributed by atoms with E-state index in [1.807, 2.05) is 36.4 Å². The Bertz CT molecular complexity index is 1030. The molecule has 8 heteroatoms. The van der Waals surface area contributed by atoms with E-state index < -0.39 is 5.97 Å². The van der Waals surface area contributed by atoms with Crippen molar-refractivity contribution in [2.24, 2.45) is 0 Å². The summed E-state index contributed by atoms with van der Waals surface area (Å²) in [5.41, 5.74) is 2.06. The van der Waals surface area contributed by atoms with Crippen LogP contribution in [-0.4, -0.2) is 39.3 Å². The van der Waals surface area contributed by atoms with Crippen molar-refractivity contribution in [2.45, 2.75) is 44.2 Å². The minimum Gasteiger partial charge on any atom is -0.497 e. The lowest BCUT2D eigenvalue weighted by molar-refractivity contribution is 0.0676. The second-order valence-electron chi connectivity index (χ2n) is 7.70. The van der Waals surface area contributed by atoms with Crippen LogP contribution >= 0.6 is 11.6 Å². The summed E-state index contributed by atoms with van der Waals surface area (Å²) in [4.78, 5) is 11.7. The van der Waals surface area contributed by atoms with Crippen LogP contribution in [0.5, 0.6) is 11.6 Å². The van der Waals surface area contributed by atoms with Gasteiger partial charge in [0.15, 0.2) is 0 Å². The highest BCUT2D eigenvalue weighted by Crippen LogP contribution is 2.35. The Hall–Kier alpha value is -3.06. The fraction of sp³-hybridized carbons (Fsp3) is 0.348. The molecule has 0 unspecified atom stereocenters. The average Bonchev–Trinajstić information content (AvgIpc) is 3.18. The lowest BCUT2D eigenvalue weighted by Gasteiger charge is -2.29. The van der Waals surface area contributed by atoms with Gasteiger partial charge in [0.25, 0.3) is 0 Å². The van der Waals surface area contributed by atoms with Crippen molar-refractivity contribution in [3.8, 4) is 11.6 Å². The Balaban J connectivity index is 1.45. The summed E-state index contributed by atoms with van der Waals surface area (Å²) >= 11 is 5.99. The summed E-state index contributed by atoms with van der Waals surface area (Å²) in [5, 5.41) is 18.1. The Morgan fingerprint density at radius 2 is 1.77 bits per heavy atom. The van der Waals surface area contributed by atoms with Crippen molar-refractivity contribution in [1.82, 2.24) is 15.0 Å². The maximum atomic E-state index is 11.7. The number of halogens is 1. The summed E-state index contributed by atoms with van der Waals surface area (Å²) < 4.78 is 12.8. The number of nitrogens with zero attached hydrogens (tertiary/aromatic N) is 3. The molecule has 0 aliphatic heterocycles. The van der Waals surface area contributed by atoms with Crippen molar-refractivity contribution < 1.29 is 19.4 Å². The van der Waals surface area contributed by atoms with Crippen LogP contribution in [0, 0.1) is 0 Å². The largest absolute Gasteiger partial charge is 0.497 e. The van der Waals surface area contributed by atoms with Crippen LogP contribution < -0.4 is 9.47 Å². The fourth-order valence-electron chi connectivity index (χ4n) is 3.97. The molecule has 162 valence electrons. The van der Waals surface area contributed by atoms with E-state index >= 15 is 0 Å². The van der Waals surface area contributed by atoms with E-state index in [0.29, 0.717) is 12.5 Å². The van der Waals surface area contributed by atoms with Gasteiger partial charge in [-0.05, 0) is 67.0 Å². The molecule has 1 aliphatic carbocycles. The van der Waals surface area contributed by atoms with Gasteiger partial charge in [0.05, 0.1) is 13.7 Å². The van der Waals surface area contributed by atoms with Crippen molar-refractivity contribution >= 4 is 17.6 Å². The highest BCUT2D eigenvalue weighted by atomic mass is 35.5. The fourth-order valence-corrected chi connectivity index (χ4v) is 4.10. The van der Waals surface area contributed by atoms with Crippen LogP contribution in [-0.2, 0) is 6.54 Å². The molecule has 2 aromatic carbocycles. The minimum absolute atomic E-state index is 0.0743. The number of aromatic nitrogens is 3. The number of methoxy groups -OCH3 is 1. The number of carboxylic acid groups (broad SMARTS) is 1. The molecule has 0 amide bonds. The van der Waals surface area contributed by atoms with E-state index in [9.17, 15) is 9.90 Å². The normalized spacial score (nSPS) is 18.5. The highest BCUT2D eigenvalue weighted by Gasteiger charge is 2.28. The van der Waals surface area contributed by atoms with E-state index in [-0.39, 0.29) is 17.7 Å². The maximum absolute atomic E-state index is 11.7. The van der Waals surface area contributed by atoms with Crippen molar-refractivity contribution in [3.05, 3.63) is 70.4 Å². The van der Waals surface area contributed by atoms with Gasteiger partial charge in [-0.15, -0.1) is 5.10 Å². The monoisotopic (exact) mass is 441 g/mol. The average molecular weight is 442 g/mol. The maximum Gasteiger partial charge on any atom is 0.362 e. The lowest BCUT2D eigenvalue weighted by Crippen LogP contribution is -2.25. The second-order valence-corrected chi connectivity index (χ2v) is 8.13. The standard InChI is InChI=1S/C23H24ClN3O4/c1-30-19-10-2-15(3-11-19)14-27-22(21(23(28)29)25-26-27)31-20-12-6-17(7-13-20)16-4-8-18(24)9-5-16/h2-5,8-11,17,20H,6-7,12-14H2,1H3,(H,28,29). The third-order valence-corrected chi connectivity index (χ3v) is 5.93. The number of ether oxygens (including phenoxy) is 2. The van der Waals surface area contributed by atoms with Gasteiger partial charge in [-0.25, -0.2) is 9.48 Å². The van der Waals surface area contributed by atoms with Gasteiger partial charge in [-0.1, -0.05) is 41.1 Å². The summed E-state index contributed by atoms with van der Waals surface area (Å²) in [6.07, 6.45) is 3.53. The van der Waals surface area contributed by atoms with E-state index in [0.717, 1.165) is 42.0 Å². The SMILES string of the molecule is COc1ccc(Cn2nnc(C(=O)O)c2OC2CCC(c3ccc(Cl)cc3)CC2)cc1. The zero-order valence-corrected chi connectivity index (χ0v) is 18.0. The Labute approximate surface area is 185 Å². The van der Waals surface area contributed by atoms with Crippen LogP contribution in [0.25, 0.3) is 0 Å². The van der Waals surface area contributed by atoms with Gasteiger partial charge in [-0.2, -0.15) is 0 Å². The number of aromatic carboxylic acids is 1. The molecule has 0 radical (unpaired) electrons. The zero-order valence-electron chi connectivity index (χ0n) is 17.2. The number of carbonyl (C=O) groups is 1. The first-order valence-electron chi connectivity index (χ1n) is 10.3. The molecule has 3 aromatic rings. The Morgan fingerprint density at radius 3 is 2.39 bits per heavy atom. The Kier molecular flexibility index (Phi) is 6.42. The molecule has 0 saturated heterocycles. The van der Waals surface area contributed by atoms with Crippen molar-refractivity contribution in [1.29, 1.82) is 0 Å². The van der Waals surface area contributed by atoms with Crippen LogP contribution in [0.1, 0.15) is 53.2 Å². The predicted molar refractivity (Wildman–Crippen MR) is 116 cm³/mol. The number of carboxylic acids is 1. The Morgan fingerprint density at radius 1 is 1.10 bits per heavy atom. The van der Waals surface area contributed by atoms with Gasteiger partial charge in [0, 0.05) is 5.02 Å². The van der Waals surface area contributed by atoms with E-state index in [1.165, 1.54) is 10.2 Å². The quantitative estimate of drug-likeness (QED) is 0.567. The van der Waals surface area contributed by atoms with E-state index in [1.54, 1.807) is 7.11 Å². The first kappa shape index (κ1) is 21.2. The first-order valence-corrected chi connectivity index (χ1v) is 10.6. The van der Waals surface area contributed by atoms with Crippen molar-refractivity contribution in [2.75, 3.05) is 7.11 Å². The summed E-state index contributed by atoms with van der Waals surface area (Å²) in [5.74, 6) is 0.268. The summed E-state index contributed by atoms with van der Waals surface area (Å²) in [7, 11) is 1.61. The molecule has 0 bridgehead atoms. The van der Waals surface area contributed by atoms with Crippen LogP contribution in [0.15, 0.2) is 48.5 Å². The molecular formula is C23H24ClN3O4. The van der Waals surface area contributed by atoms with Gasteiger partial charge >= 0.3 is 5.97 Å². The molecule has 1 N–H and O–H groups in total. The van der Waals surface area contributed by atoms with Crippen molar-refractivity contribution in [3.63, 3.8) is 0 Å². The van der Waals surface area contributed by atoms with E-state index in [2.05, 4.69) is 22.4 Å². The molecule has 0 atom stereocenters. The summed E-state index contributed by atoms with van der Waals surface area (Å²) in [6.45, 7) is 0.361. The topological polar surface area (TPSA) is 86.5 Å². The summed E-state index contributed by atoms with van der Waals surface area (Å²) in [6, 6.07) is 15.5. The van der Waals surface area contributed by atoms with Gasteiger partial charge in [-0.3, -0.25) is 0 Å². The molecule has 1 fully saturated rings. The van der Waals surface area contributed by atoms with E-state index in [4.69, 9.17) is 21.1 Å². The van der Waals surface area contributed by atoms with Gasteiger partial charge < -0.3 is 14.6 Å². The number of hydrogen-bond acceptors (Lipinski definition) is 5. The zero-order chi connectivity index (χ0) is 21.8. The molecule has 31 heavy (non-hydrogen) atoms. The smallest absolute Gasteiger partial charge is 0.362 e. The van der Waals surface area contributed by atoms with Gasteiger partial charge in [0.2, 0.25) is 11.6 Å². The van der Waals surface area contributed by atoms with Crippen LogP contribution in [0.4, 0.5) is 0 Å². The minimum atomic E-state index is -1.15. The molecule has 1 saturated carbocycles. The molecule has 0 spiro atoms. The molecule has 1 heterocycles. The second kappa shape index (κ2) is 9.39. The van der Waals surface area contributed by atoms with Crippen LogP contribution in [0.3, 0.4) is 0 Å². The molecule has 1 aliphatic rings. The number of hydrogen-bond donors (Lipinski definition) is 1.